The lowest BCUT2D eigenvalue weighted by Crippen LogP contribution is -2.17. The highest BCUT2D eigenvalue weighted by atomic mass is 79.9. The number of nitrogens with zero attached hydrogens (tertiary/aromatic N) is 1. The standard InChI is InChI=1S/C14H16BrN3O/c1-9(2)18-8-11(16)7-13(18)14(19)17-12-5-3-4-10(15)6-12/h3-9H,16H2,1-2H3,(H,17,19). The van der Waals surface area contributed by atoms with Gasteiger partial charge in [-0.25, -0.2) is 0 Å². The van der Waals surface area contributed by atoms with Crippen LogP contribution in [-0.4, -0.2) is 10.5 Å². The summed E-state index contributed by atoms with van der Waals surface area (Å²) in [5.41, 5.74) is 7.66. The highest BCUT2D eigenvalue weighted by Crippen LogP contribution is 2.20. The van der Waals surface area contributed by atoms with E-state index in [4.69, 9.17) is 5.73 Å². The minimum absolute atomic E-state index is 0.163. The van der Waals surface area contributed by atoms with Crippen molar-refractivity contribution < 1.29 is 4.79 Å². The maximum Gasteiger partial charge on any atom is 0.272 e. The SMILES string of the molecule is CC(C)n1cc(N)cc1C(=O)Nc1cccc(Br)c1. The lowest BCUT2D eigenvalue weighted by molar-refractivity contribution is 0.101. The van der Waals surface area contributed by atoms with Gasteiger partial charge >= 0.3 is 0 Å². The van der Waals surface area contributed by atoms with Crippen LogP contribution in [0.5, 0.6) is 0 Å². The lowest BCUT2D eigenvalue weighted by atomic mass is 10.3. The first-order valence-corrected chi connectivity index (χ1v) is 6.81. The van der Waals surface area contributed by atoms with Crippen molar-refractivity contribution in [2.45, 2.75) is 19.9 Å². The number of halogens is 1. The third-order valence-electron chi connectivity index (χ3n) is 2.74. The predicted octanol–water partition coefficient (Wildman–Crippen LogP) is 3.67. The number of aromatic nitrogens is 1. The van der Waals surface area contributed by atoms with Gasteiger partial charge in [-0.2, -0.15) is 0 Å². The number of benzene rings is 1. The number of nitrogen functional groups attached to an aromatic ring is 1. The second-order valence-electron chi connectivity index (χ2n) is 4.62. The first-order valence-electron chi connectivity index (χ1n) is 6.01. The Hall–Kier alpha value is -1.75. The number of amides is 1. The van der Waals surface area contributed by atoms with E-state index < -0.39 is 0 Å². The molecule has 1 heterocycles. The molecule has 19 heavy (non-hydrogen) atoms. The molecular weight excluding hydrogens is 306 g/mol. The molecule has 0 aliphatic heterocycles. The molecule has 2 rings (SSSR count). The number of carbonyl (C=O) groups is 1. The normalized spacial score (nSPS) is 10.7. The molecule has 0 bridgehead atoms. The van der Waals surface area contributed by atoms with Gasteiger partial charge in [-0.15, -0.1) is 0 Å². The third kappa shape index (κ3) is 3.17. The van der Waals surface area contributed by atoms with Crippen molar-refractivity contribution in [1.29, 1.82) is 0 Å². The van der Waals surface area contributed by atoms with Gasteiger partial charge in [0, 0.05) is 22.4 Å². The molecule has 4 nitrogen and oxygen atoms in total. The largest absolute Gasteiger partial charge is 0.397 e. The van der Waals surface area contributed by atoms with E-state index in [1.54, 1.807) is 12.3 Å². The average Bonchev–Trinajstić information content (AvgIpc) is 2.71. The summed E-state index contributed by atoms with van der Waals surface area (Å²) in [5.74, 6) is -0.163. The Kier molecular flexibility index (Phi) is 3.95. The molecule has 1 amide bonds. The Morgan fingerprint density at radius 3 is 2.74 bits per heavy atom. The topological polar surface area (TPSA) is 60.0 Å². The number of hydrogen-bond acceptors (Lipinski definition) is 2. The Morgan fingerprint density at radius 2 is 2.11 bits per heavy atom. The molecule has 0 aliphatic rings. The highest BCUT2D eigenvalue weighted by Gasteiger charge is 2.14. The summed E-state index contributed by atoms with van der Waals surface area (Å²) >= 11 is 3.37. The van der Waals surface area contributed by atoms with E-state index in [-0.39, 0.29) is 11.9 Å². The zero-order valence-electron chi connectivity index (χ0n) is 10.9. The van der Waals surface area contributed by atoms with E-state index in [1.165, 1.54) is 0 Å². The van der Waals surface area contributed by atoms with Gasteiger partial charge in [0.2, 0.25) is 0 Å². The monoisotopic (exact) mass is 321 g/mol. The zero-order chi connectivity index (χ0) is 14.0. The fraction of sp³-hybridized carbons (Fsp3) is 0.214. The van der Waals surface area contributed by atoms with Crippen molar-refractivity contribution in [3.8, 4) is 0 Å². The summed E-state index contributed by atoms with van der Waals surface area (Å²) in [4.78, 5) is 12.3. The van der Waals surface area contributed by atoms with Crippen LogP contribution in [-0.2, 0) is 0 Å². The van der Waals surface area contributed by atoms with Crippen molar-refractivity contribution in [3.05, 3.63) is 46.7 Å². The van der Waals surface area contributed by atoms with Crippen LogP contribution in [0.15, 0.2) is 41.0 Å². The van der Waals surface area contributed by atoms with Crippen LogP contribution < -0.4 is 11.1 Å². The predicted molar refractivity (Wildman–Crippen MR) is 81.3 cm³/mol. The molecule has 0 radical (unpaired) electrons. The summed E-state index contributed by atoms with van der Waals surface area (Å²) in [6, 6.07) is 9.34. The van der Waals surface area contributed by atoms with Crippen LogP contribution in [0.3, 0.4) is 0 Å². The smallest absolute Gasteiger partial charge is 0.272 e. The molecule has 3 N–H and O–H groups in total. The van der Waals surface area contributed by atoms with Crippen LogP contribution in [0.4, 0.5) is 11.4 Å². The fourth-order valence-electron chi connectivity index (χ4n) is 1.87. The lowest BCUT2D eigenvalue weighted by Gasteiger charge is -2.12. The summed E-state index contributed by atoms with van der Waals surface area (Å²) in [5, 5.41) is 2.86. The summed E-state index contributed by atoms with van der Waals surface area (Å²) in [6.45, 7) is 4.02. The van der Waals surface area contributed by atoms with Crippen molar-refractivity contribution in [3.63, 3.8) is 0 Å². The van der Waals surface area contributed by atoms with Crippen LogP contribution in [0.1, 0.15) is 30.4 Å². The van der Waals surface area contributed by atoms with Gasteiger partial charge in [0.05, 0.1) is 5.69 Å². The second kappa shape index (κ2) is 5.48. The quantitative estimate of drug-likeness (QED) is 0.906. The number of nitrogens with one attached hydrogen (secondary N) is 1. The van der Waals surface area contributed by atoms with Gasteiger partial charge in [0.1, 0.15) is 5.69 Å². The van der Waals surface area contributed by atoms with Crippen LogP contribution in [0.2, 0.25) is 0 Å². The molecule has 5 heteroatoms. The fourth-order valence-corrected chi connectivity index (χ4v) is 2.27. The molecule has 2 aromatic rings. The second-order valence-corrected chi connectivity index (χ2v) is 5.54. The van der Waals surface area contributed by atoms with Crippen molar-refractivity contribution in [2.75, 3.05) is 11.1 Å². The van der Waals surface area contributed by atoms with Gasteiger partial charge in [0.25, 0.3) is 5.91 Å². The molecule has 1 aromatic heterocycles. The molecule has 0 aliphatic carbocycles. The molecule has 1 aromatic carbocycles. The Bertz CT molecular complexity index is 604. The van der Waals surface area contributed by atoms with Crippen LogP contribution >= 0.6 is 15.9 Å². The van der Waals surface area contributed by atoms with E-state index in [9.17, 15) is 4.79 Å². The van der Waals surface area contributed by atoms with Gasteiger partial charge in [-0.3, -0.25) is 4.79 Å². The minimum Gasteiger partial charge on any atom is -0.397 e. The molecule has 0 saturated carbocycles. The van der Waals surface area contributed by atoms with Crippen LogP contribution in [0.25, 0.3) is 0 Å². The Balaban J connectivity index is 2.25. The van der Waals surface area contributed by atoms with E-state index in [0.29, 0.717) is 11.4 Å². The molecule has 0 atom stereocenters. The van der Waals surface area contributed by atoms with Crippen LogP contribution in [0, 0.1) is 0 Å². The van der Waals surface area contributed by atoms with Gasteiger partial charge in [-0.05, 0) is 38.1 Å². The maximum absolute atomic E-state index is 12.3. The molecular formula is C14H16BrN3O. The maximum atomic E-state index is 12.3. The summed E-state index contributed by atoms with van der Waals surface area (Å²) in [7, 11) is 0. The summed E-state index contributed by atoms with van der Waals surface area (Å²) in [6.07, 6.45) is 1.78. The van der Waals surface area contributed by atoms with E-state index >= 15 is 0 Å². The zero-order valence-corrected chi connectivity index (χ0v) is 12.4. The minimum atomic E-state index is -0.163. The Labute approximate surface area is 120 Å². The number of nitrogens with two attached hydrogens (primary N) is 1. The first-order chi connectivity index (χ1) is 8.97. The number of anilines is 2. The number of hydrogen-bond donors (Lipinski definition) is 2. The van der Waals surface area contributed by atoms with Crippen molar-refractivity contribution in [2.24, 2.45) is 0 Å². The summed E-state index contributed by atoms with van der Waals surface area (Å²) < 4.78 is 2.78. The van der Waals surface area contributed by atoms with Crippen molar-refractivity contribution in [1.82, 2.24) is 4.57 Å². The van der Waals surface area contributed by atoms with Gasteiger partial charge < -0.3 is 15.6 Å². The molecule has 0 unspecified atom stereocenters. The molecule has 100 valence electrons. The van der Waals surface area contributed by atoms with Gasteiger partial charge in [0.15, 0.2) is 0 Å². The molecule has 0 fully saturated rings. The van der Waals surface area contributed by atoms with E-state index in [2.05, 4.69) is 21.2 Å². The van der Waals surface area contributed by atoms with Crippen molar-refractivity contribution >= 4 is 33.2 Å². The first kappa shape index (κ1) is 13.7. The number of rotatable bonds is 3. The van der Waals surface area contributed by atoms with E-state index in [0.717, 1.165) is 10.2 Å². The average molecular weight is 322 g/mol. The molecule has 0 spiro atoms. The highest BCUT2D eigenvalue weighted by molar-refractivity contribution is 9.10. The third-order valence-corrected chi connectivity index (χ3v) is 3.23. The Morgan fingerprint density at radius 1 is 1.37 bits per heavy atom. The van der Waals surface area contributed by atoms with E-state index in [1.807, 2.05) is 42.7 Å². The molecule has 0 saturated heterocycles. The van der Waals surface area contributed by atoms with Gasteiger partial charge in [-0.1, -0.05) is 22.0 Å². The number of carbonyl (C=O) groups excluding carboxylic acids is 1.